The Kier molecular flexibility index (Phi) is 3.20. The molecule has 4 rings (SSSR count). The third-order valence-corrected chi connectivity index (χ3v) is 4.28. The Bertz CT molecular complexity index is 837. The smallest absolute Gasteiger partial charge is 0.156 e. The molecule has 0 radical (unpaired) electrons. The average molecular weight is 317 g/mol. The zero-order valence-electron chi connectivity index (χ0n) is 12.5. The van der Waals surface area contributed by atoms with E-state index in [0.29, 0.717) is 5.02 Å². The second-order valence-corrected chi connectivity index (χ2v) is 6.33. The van der Waals surface area contributed by atoms with E-state index in [1.54, 1.807) is 6.33 Å². The van der Waals surface area contributed by atoms with Gasteiger partial charge in [-0.25, -0.2) is 9.97 Å². The van der Waals surface area contributed by atoms with Crippen molar-refractivity contribution in [3.05, 3.63) is 29.5 Å². The number of nitrogens with zero attached hydrogens (tertiary/aromatic N) is 3. The van der Waals surface area contributed by atoms with E-state index in [2.05, 4.69) is 33.7 Å². The Balaban J connectivity index is 1.89. The number of hydrogen-bond donors (Lipinski definition) is 1. The first-order chi connectivity index (χ1) is 10.6. The van der Waals surface area contributed by atoms with E-state index in [1.807, 2.05) is 18.2 Å². The number of halogens is 1. The first-order valence-electron chi connectivity index (χ1n) is 7.44. The number of anilines is 1. The lowest BCUT2D eigenvalue weighted by Gasteiger charge is -2.36. The summed E-state index contributed by atoms with van der Waals surface area (Å²) < 4.78 is 5.81. The van der Waals surface area contributed by atoms with Crippen molar-refractivity contribution in [2.24, 2.45) is 0 Å². The molecule has 1 fully saturated rings. The number of benzene rings is 1. The Morgan fingerprint density at radius 3 is 2.77 bits per heavy atom. The van der Waals surface area contributed by atoms with E-state index in [1.165, 1.54) is 0 Å². The molecule has 22 heavy (non-hydrogen) atoms. The average Bonchev–Trinajstić information content (AvgIpc) is 2.84. The largest absolute Gasteiger partial charge is 0.372 e. The molecule has 1 N–H and O–H groups in total. The molecule has 3 heterocycles. The Hall–Kier alpha value is -1.85. The molecule has 3 aromatic rings. The van der Waals surface area contributed by atoms with Crippen LogP contribution in [0.25, 0.3) is 21.9 Å². The zero-order valence-corrected chi connectivity index (χ0v) is 13.3. The third-order valence-electron chi connectivity index (χ3n) is 4.04. The quantitative estimate of drug-likeness (QED) is 0.748. The lowest BCUT2D eigenvalue weighted by Crippen LogP contribution is -2.46. The van der Waals surface area contributed by atoms with Crippen molar-refractivity contribution in [1.82, 2.24) is 15.0 Å². The molecule has 1 aliphatic heterocycles. The number of aromatic nitrogens is 3. The Labute approximate surface area is 133 Å². The topological polar surface area (TPSA) is 54.0 Å². The van der Waals surface area contributed by atoms with Crippen LogP contribution in [0, 0.1) is 0 Å². The van der Waals surface area contributed by atoms with Gasteiger partial charge in [0.15, 0.2) is 5.82 Å². The van der Waals surface area contributed by atoms with Crippen molar-refractivity contribution in [1.29, 1.82) is 0 Å². The summed E-state index contributed by atoms with van der Waals surface area (Å²) in [6.45, 7) is 5.83. The van der Waals surface area contributed by atoms with Gasteiger partial charge in [0.2, 0.25) is 0 Å². The normalized spacial score (nSPS) is 22.6. The number of fused-ring (bicyclic) bond motifs is 3. The number of ether oxygens (including phenoxy) is 1. The van der Waals surface area contributed by atoms with E-state index < -0.39 is 0 Å². The maximum atomic E-state index is 6.12. The molecule has 2 aromatic heterocycles. The highest BCUT2D eigenvalue weighted by molar-refractivity contribution is 6.31. The summed E-state index contributed by atoms with van der Waals surface area (Å²) in [5.41, 5.74) is 2.89. The maximum absolute atomic E-state index is 6.12. The highest BCUT2D eigenvalue weighted by atomic mass is 35.5. The fraction of sp³-hybridized carbons (Fsp3) is 0.375. The van der Waals surface area contributed by atoms with Gasteiger partial charge in [0.1, 0.15) is 17.4 Å². The van der Waals surface area contributed by atoms with Crippen LogP contribution in [0.2, 0.25) is 5.02 Å². The molecule has 5 nitrogen and oxygen atoms in total. The van der Waals surface area contributed by atoms with Gasteiger partial charge in [0.25, 0.3) is 0 Å². The fourth-order valence-electron chi connectivity index (χ4n) is 3.24. The van der Waals surface area contributed by atoms with Gasteiger partial charge in [-0.1, -0.05) is 11.6 Å². The van der Waals surface area contributed by atoms with Crippen LogP contribution in [0.1, 0.15) is 13.8 Å². The number of rotatable bonds is 1. The Morgan fingerprint density at radius 2 is 2.00 bits per heavy atom. The first-order valence-corrected chi connectivity index (χ1v) is 7.82. The number of aromatic amines is 1. The fourth-order valence-corrected chi connectivity index (χ4v) is 3.41. The molecule has 2 atom stereocenters. The van der Waals surface area contributed by atoms with Gasteiger partial charge in [-0.3, -0.25) is 0 Å². The van der Waals surface area contributed by atoms with E-state index in [4.69, 9.17) is 16.3 Å². The summed E-state index contributed by atoms with van der Waals surface area (Å²) >= 11 is 6.12. The van der Waals surface area contributed by atoms with Gasteiger partial charge in [-0.15, -0.1) is 0 Å². The minimum absolute atomic E-state index is 0.188. The van der Waals surface area contributed by atoms with Gasteiger partial charge in [-0.05, 0) is 32.0 Å². The minimum Gasteiger partial charge on any atom is -0.372 e. The monoisotopic (exact) mass is 316 g/mol. The van der Waals surface area contributed by atoms with Gasteiger partial charge in [0, 0.05) is 29.0 Å². The molecule has 1 aromatic carbocycles. The van der Waals surface area contributed by atoms with Crippen molar-refractivity contribution >= 4 is 39.4 Å². The minimum atomic E-state index is 0.188. The van der Waals surface area contributed by atoms with Crippen molar-refractivity contribution in [3.63, 3.8) is 0 Å². The second kappa shape index (κ2) is 5.11. The summed E-state index contributed by atoms with van der Waals surface area (Å²) in [6, 6.07) is 5.80. The molecule has 6 heteroatoms. The predicted octanol–water partition coefficient (Wildman–Crippen LogP) is 3.38. The molecule has 0 amide bonds. The van der Waals surface area contributed by atoms with Crippen molar-refractivity contribution < 1.29 is 4.74 Å². The lowest BCUT2D eigenvalue weighted by molar-refractivity contribution is -0.00537. The predicted molar refractivity (Wildman–Crippen MR) is 88.6 cm³/mol. The highest BCUT2D eigenvalue weighted by Crippen LogP contribution is 2.31. The van der Waals surface area contributed by atoms with Crippen LogP contribution in [-0.4, -0.2) is 40.2 Å². The number of hydrogen-bond acceptors (Lipinski definition) is 4. The second-order valence-electron chi connectivity index (χ2n) is 5.90. The standard InChI is InChI=1S/C16H17ClN4O/c1-9-6-21(7-10(2)22-9)16-15-14(18-8-19-16)12-5-11(17)3-4-13(12)20-15/h3-5,8-10,20H,6-7H2,1-2H3/t9-,10-/m0/s1. The first kappa shape index (κ1) is 13.8. The van der Waals surface area contributed by atoms with E-state index in [0.717, 1.165) is 40.8 Å². The maximum Gasteiger partial charge on any atom is 0.156 e. The highest BCUT2D eigenvalue weighted by Gasteiger charge is 2.25. The van der Waals surface area contributed by atoms with Crippen LogP contribution in [0.4, 0.5) is 5.82 Å². The van der Waals surface area contributed by atoms with Crippen molar-refractivity contribution in [2.45, 2.75) is 26.1 Å². The molecule has 114 valence electrons. The Morgan fingerprint density at radius 1 is 1.23 bits per heavy atom. The van der Waals surface area contributed by atoms with E-state index in [9.17, 15) is 0 Å². The van der Waals surface area contributed by atoms with Gasteiger partial charge in [-0.2, -0.15) is 0 Å². The summed E-state index contributed by atoms with van der Waals surface area (Å²) in [4.78, 5) is 14.7. The molecular formula is C16H17ClN4O. The third kappa shape index (κ3) is 2.21. The van der Waals surface area contributed by atoms with Crippen LogP contribution < -0.4 is 4.90 Å². The molecule has 0 unspecified atom stereocenters. The zero-order chi connectivity index (χ0) is 15.3. The van der Waals surface area contributed by atoms with Crippen molar-refractivity contribution in [3.8, 4) is 0 Å². The lowest BCUT2D eigenvalue weighted by atomic mass is 10.2. The molecule has 0 aliphatic carbocycles. The van der Waals surface area contributed by atoms with E-state index in [-0.39, 0.29) is 12.2 Å². The molecule has 0 bridgehead atoms. The SMILES string of the molecule is C[C@H]1CN(c2ncnc3c2[nH]c2ccc(Cl)cc23)C[C@H](C)O1. The molecule has 1 saturated heterocycles. The van der Waals surface area contributed by atoms with Gasteiger partial charge in [0.05, 0.1) is 12.2 Å². The number of morpholine rings is 1. The summed E-state index contributed by atoms with van der Waals surface area (Å²) in [5, 5.41) is 1.74. The summed E-state index contributed by atoms with van der Waals surface area (Å²) in [5.74, 6) is 0.930. The number of H-pyrrole nitrogens is 1. The van der Waals surface area contributed by atoms with Crippen LogP contribution >= 0.6 is 11.6 Å². The molecule has 1 aliphatic rings. The van der Waals surface area contributed by atoms with Crippen LogP contribution in [0.5, 0.6) is 0 Å². The van der Waals surface area contributed by atoms with Gasteiger partial charge < -0.3 is 14.6 Å². The summed E-state index contributed by atoms with van der Waals surface area (Å²) in [6.07, 6.45) is 2.00. The molecule has 0 saturated carbocycles. The van der Waals surface area contributed by atoms with Gasteiger partial charge >= 0.3 is 0 Å². The molecule has 0 spiro atoms. The van der Waals surface area contributed by atoms with E-state index >= 15 is 0 Å². The van der Waals surface area contributed by atoms with Crippen LogP contribution in [-0.2, 0) is 4.74 Å². The van der Waals surface area contributed by atoms with Crippen LogP contribution in [0.15, 0.2) is 24.5 Å². The summed E-state index contributed by atoms with van der Waals surface area (Å²) in [7, 11) is 0. The van der Waals surface area contributed by atoms with Crippen LogP contribution in [0.3, 0.4) is 0 Å². The van der Waals surface area contributed by atoms with Crippen molar-refractivity contribution in [2.75, 3.05) is 18.0 Å². The number of nitrogens with one attached hydrogen (secondary N) is 1. The molecular weight excluding hydrogens is 300 g/mol.